The molecule has 136 valence electrons. The number of amides is 2. The van der Waals surface area contributed by atoms with Crippen molar-refractivity contribution in [3.63, 3.8) is 0 Å². The normalized spacial score (nSPS) is 18.0. The van der Waals surface area contributed by atoms with Gasteiger partial charge >= 0.3 is 0 Å². The van der Waals surface area contributed by atoms with Crippen molar-refractivity contribution in [1.29, 1.82) is 0 Å². The summed E-state index contributed by atoms with van der Waals surface area (Å²) in [6, 6.07) is 3.40. The average molecular weight is 356 g/mol. The molecule has 0 N–H and O–H groups in total. The third-order valence-electron chi connectivity index (χ3n) is 4.79. The van der Waals surface area contributed by atoms with E-state index in [4.69, 9.17) is 4.52 Å². The fourth-order valence-corrected chi connectivity index (χ4v) is 3.27. The van der Waals surface area contributed by atoms with E-state index < -0.39 is 0 Å². The van der Waals surface area contributed by atoms with E-state index in [1.807, 2.05) is 4.90 Å². The van der Waals surface area contributed by atoms with Gasteiger partial charge in [-0.15, -0.1) is 0 Å². The Labute approximate surface area is 150 Å². The topological polar surface area (TPSA) is 95.7 Å². The Morgan fingerprint density at radius 2 is 1.77 bits per heavy atom. The molecular formula is C17H20N6O3. The van der Waals surface area contributed by atoms with E-state index in [9.17, 15) is 9.59 Å². The number of aromatic nitrogens is 3. The van der Waals surface area contributed by atoms with Gasteiger partial charge in [0.05, 0.1) is 5.92 Å². The summed E-state index contributed by atoms with van der Waals surface area (Å²) in [5.41, 5.74) is 0.296. The number of hydrogen-bond donors (Lipinski definition) is 0. The summed E-state index contributed by atoms with van der Waals surface area (Å²) in [6.45, 7) is 5.32. The molecule has 4 rings (SSSR count). The molecule has 0 aliphatic carbocycles. The number of piperazine rings is 1. The molecule has 2 aliphatic heterocycles. The first kappa shape index (κ1) is 16.5. The van der Waals surface area contributed by atoms with Gasteiger partial charge in [0.25, 0.3) is 5.91 Å². The summed E-state index contributed by atoms with van der Waals surface area (Å²) in [7, 11) is 0. The molecule has 0 atom stereocenters. The van der Waals surface area contributed by atoms with Gasteiger partial charge in [-0.1, -0.05) is 5.16 Å². The summed E-state index contributed by atoms with van der Waals surface area (Å²) < 4.78 is 4.93. The van der Waals surface area contributed by atoms with Crippen LogP contribution >= 0.6 is 0 Å². The van der Waals surface area contributed by atoms with Gasteiger partial charge in [0, 0.05) is 57.7 Å². The lowest BCUT2D eigenvalue weighted by Crippen LogP contribution is -2.59. The van der Waals surface area contributed by atoms with Crippen LogP contribution in [0.4, 0.5) is 5.95 Å². The Morgan fingerprint density at radius 1 is 1.08 bits per heavy atom. The lowest BCUT2D eigenvalue weighted by atomic mass is 9.97. The molecular weight excluding hydrogens is 336 g/mol. The number of carbonyl (C=O) groups excluding carboxylic acids is 2. The van der Waals surface area contributed by atoms with Crippen molar-refractivity contribution >= 4 is 17.8 Å². The highest BCUT2D eigenvalue weighted by atomic mass is 16.5. The molecule has 2 amide bonds. The first-order chi connectivity index (χ1) is 12.6. The molecule has 2 aliphatic rings. The third kappa shape index (κ3) is 3.12. The van der Waals surface area contributed by atoms with E-state index in [1.54, 1.807) is 36.4 Å². The predicted molar refractivity (Wildman–Crippen MR) is 91.5 cm³/mol. The molecule has 0 bridgehead atoms. The highest BCUT2D eigenvalue weighted by Crippen LogP contribution is 2.22. The Hall–Kier alpha value is -2.97. The number of likely N-dealkylation sites (tertiary alicyclic amines) is 1. The fourth-order valence-electron chi connectivity index (χ4n) is 3.27. The third-order valence-corrected chi connectivity index (χ3v) is 4.79. The largest absolute Gasteiger partial charge is 0.361 e. The maximum Gasteiger partial charge on any atom is 0.276 e. The Kier molecular flexibility index (Phi) is 4.27. The van der Waals surface area contributed by atoms with Crippen LogP contribution in [-0.2, 0) is 4.79 Å². The number of carbonyl (C=O) groups is 2. The molecule has 0 spiro atoms. The van der Waals surface area contributed by atoms with E-state index in [0.717, 1.165) is 0 Å². The maximum atomic E-state index is 12.6. The molecule has 0 aromatic carbocycles. The van der Waals surface area contributed by atoms with Crippen LogP contribution in [0, 0.1) is 12.8 Å². The van der Waals surface area contributed by atoms with Gasteiger partial charge in [0.2, 0.25) is 11.9 Å². The second-order valence-electron chi connectivity index (χ2n) is 6.59. The number of hydrogen-bond acceptors (Lipinski definition) is 7. The monoisotopic (exact) mass is 356 g/mol. The molecule has 26 heavy (non-hydrogen) atoms. The van der Waals surface area contributed by atoms with Crippen LogP contribution in [0.1, 0.15) is 16.2 Å². The number of anilines is 1. The summed E-state index contributed by atoms with van der Waals surface area (Å²) in [6.07, 6.45) is 3.44. The van der Waals surface area contributed by atoms with Gasteiger partial charge in [-0.05, 0) is 13.0 Å². The van der Waals surface area contributed by atoms with Gasteiger partial charge in [0.15, 0.2) is 5.69 Å². The van der Waals surface area contributed by atoms with Crippen molar-refractivity contribution in [2.75, 3.05) is 44.2 Å². The van der Waals surface area contributed by atoms with Crippen LogP contribution in [0.25, 0.3) is 0 Å². The van der Waals surface area contributed by atoms with Crippen molar-refractivity contribution < 1.29 is 14.1 Å². The second-order valence-corrected chi connectivity index (χ2v) is 6.59. The van der Waals surface area contributed by atoms with Crippen LogP contribution in [0.15, 0.2) is 29.0 Å². The van der Waals surface area contributed by atoms with Gasteiger partial charge in [-0.2, -0.15) is 0 Å². The van der Waals surface area contributed by atoms with Crippen LogP contribution in [-0.4, -0.2) is 76.0 Å². The molecule has 2 saturated heterocycles. The van der Waals surface area contributed by atoms with Crippen LogP contribution in [0.2, 0.25) is 0 Å². The average Bonchev–Trinajstić information content (AvgIpc) is 3.07. The van der Waals surface area contributed by atoms with Crippen LogP contribution < -0.4 is 4.90 Å². The molecule has 2 fully saturated rings. The number of rotatable bonds is 3. The van der Waals surface area contributed by atoms with Gasteiger partial charge in [0.1, 0.15) is 5.76 Å². The first-order valence-corrected chi connectivity index (χ1v) is 8.65. The molecule has 4 heterocycles. The van der Waals surface area contributed by atoms with E-state index >= 15 is 0 Å². The molecule has 0 unspecified atom stereocenters. The van der Waals surface area contributed by atoms with E-state index in [0.29, 0.717) is 56.7 Å². The first-order valence-electron chi connectivity index (χ1n) is 8.65. The summed E-state index contributed by atoms with van der Waals surface area (Å²) in [4.78, 5) is 39.0. The molecule has 9 heteroatoms. The number of aryl methyl sites for hydroxylation is 1. The SMILES string of the molecule is Cc1cc(C(=O)N2CC(C(=O)N3CCN(c4ncccn4)CC3)C2)no1. The second kappa shape index (κ2) is 6.74. The van der Waals surface area contributed by atoms with Crippen molar-refractivity contribution in [3.05, 3.63) is 36.0 Å². The zero-order valence-electron chi connectivity index (χ0n) is 14.5. The van der Waals surface area contributed by atoms with E-state index in [1.165, 1.54) is 0 Å². The zero-order valence-corrected chi connectivity index (χ0v) is 14.5. The Bertz CT molecular complexity index is 794. The summed E-state index contributed by atoms with van der Waals surface area (Å²) in [5.74, 6) is 1.09. The molecule has 0 radical (unpaired) electrons. The maximum absolute atomic E-state index is 12.6. The highest BCUT2D eigenvalue weighted by molar-refractivity contribution is 5.94. The molecule has 9 nitrogen and oxygen atoms in total. The van der Waals surface area contributed by atoms with E-state index in [2.05, 4.69) is 20.0 Å². The summed E-state index contributed by atoms with van der Waals surface area (Å²) >= 11 is 0. The smallest absolute Gasteiger partial charge is 0.276 e. The summed E-state index contributed by atoms with van der Waals surface area (Å²) in [5, 5.41) is 3.74. The van der Waals surface area contributed by atoms with Gasteiger partial charge in [-0.3, -0.25) is 9.59 Å². The van der Waals surface area contributed by atoms with Gasteiger partial charge in [-0.25, -0.2) is 9.97 Å². The highest BCUT2D eigenvalue weighted by Gasteiger charge is 2.39. The standard InChI is InChI=1S/C17H20N6O3/c1-12-9-14(20-26-12)16(25)23-10-13(11-23)15(24)21-5-7-22(8-6-21)17-18-3-2-4-19-17/h2-4,9,13H,5-8,10-11H2,1H3. The predicted octanol–water partition coefficient (Wildman–Crippen LogP) is 0.194. The van der Waals surface area contributed by atoms with E-state index in [-0.39, 0.29) is 17.7 Å². The van der Waals surface area contributed by atoms with Gasteiger partial charge < -0.3 is 19.2 Å². The minimum Gasteiger partial charge on any atom is -0.361 e. The van der Waals surface area contributed by atoms with Crippen molar-refractivity contribution in [1.82, 2.24) is 24.9 Å². The zero-order chi connectivity index (χ0) is 18.1. The fraction of sp³-hybridized carbons (Fsp3) is 0.471. The Balaban J connectivity index is 1.27. The molecule has 2 aromatic heterocycles. The lowest BCUT2D eigenvalue weighted by Gasteiger charge is -2.42. The van der Waals surface area contributed by atoms with Crippen molar-refractivity contribution in [2.24, 2.45) is 5.92 Å². The molecule has 2 aromatic rings. The quantitative estimate of drug-likeness (QED) is 0.775. The minimum atomic E-state index is -0.183. The van der Waals surface area contributed by atoms with Crippen molar-refractivity contribution in [3.8, 4) is 0 Å². The number of nitrogens with zero attached hydrogens (tertiary/aromatic N) is 6. The molecule has 0 saturated carbocycles. The van der Waals surface area contributed by atoms with Crippen LogP contribution in [0.5, 0.6) is 0 Å². The minimum absolute atomic E-state index is 0.110. The Morgan fingerprint density at radius 3 is 2.38 bits per heavy atom. The van der Waals surface area contributed by atoms with Crippen LogP contribution in [0.3, 0.4) is 0 Å². The van der Waals surface area contributed by atoms with Crippen molar-refractivity contribution in [2.45, 2.75) is 6.92 Å². The lowest BCUT2D eigenvalue weighted by molar-refractivity contribution is -0.140.